The zero-order chi connectivity index (χ0) is 26.2. The molecule has 1 atom stereocenters. The van der Waals surface area contributed by atoms with Crippen LogP contribution in [0.2, 0.25) is 0 Å². The summed E-state index contributed by atoms with van der Waals surface area (Å²) in [5.74, 6) is -2.04. The monoisotopic (exact) mass is 520 g/mol. The highest BCUT2D eigenvalue weighted by Crippen LogP contribution is 2.34. The maximum absolute atomic E-state index is 13.5. The van der Waals surface area contributed by atoms with Crippen molar-refractivity contribution in [2.75, 3.05) is 18.1 Å². The SMILES string of the molecule is O=C(O)c1cccc(CN2C(=O)C(=O)c3cc(S(=O)(=O)N4CCCC4COc4ccccc4)ccc32)c1. The number of amides is 1. The number of hydrogen-bond donors (Lipinski definition) is 1. The van der Waals surface area contributed by atoms with E-state index in [9.17, 15) is 27.9 Å². The maximum Gasteiger partial charge on any atom is 0.335 e. The molecule has 5 rings (SSSR count). The van der Waals surface area contributed by atoms with Gasteiger partial charge < -0.3 is 14.7 Å². The third-order valence-corrected chi connectivity index (χ3v) is 8.52. The van der Waals surface area contributed by atoms with E-state index in [2.05, 4.69) is 0 Å². The molecule has 0 bridgehead atoms. The predicted molar refractivity (Wildman–Crippen MR) is 134 cm³/mol. The molecule has 2 aliphatic rings. The number of aromatic carboxylic acids is 1. The summed E-state index contributed by atoms with van der Waals surface area (Å²) in [6.45, 7) is 0.520. The van der Waals surface area contributed by atoms with E-state index < -0.39 is 27.7 Å². The summed E-state index contributed by atoms with van der Waals surface area (Å²) in [6, 6.07) is 19.0. The molecule has 1 fully saturated rings. The number of anilines is 1. The van der Waals surface area contributed by atoms with E-state index in [-0.39, 0.29) is 35.2 Å². The first kappa shape index (κ1) is 24.7. The Kier molecular flexibility index (Phi) is 6.53. The van der Waals surface area contributed by atoms with Crippen molar-refractivity contribution in [1.82, 2.24) is 4.31 Å². The molecule has 0 saturated carbocycles. The van der Waals surface area contributed by atoms with Crippen molar-refractivity contribution in [3.63, 3.8) is 0 Å². The molecule has 3 aromatic carbocycles. The molecular formula is C27H24N2O7S. The number of ketones is 1. The number of carboxylic acids is 1. The number of nitrogens with zero attached hydrogens (tertiary/aromatic N) is 2. The Morgan fingerprint density at radius 2 is 1.78 bits per heavy atom. The Hall–Kier alpha value is -4.02. The second-order valence-electron chi connectivity index (χ2n) is 8.94. The van der Waals surface area contributed by atoms with E-state index in [4.69, 9.17) is 4.74 Å². The largest absolute Gasteiger partial charge is 0.492 e. The Bertz CT molecular complexity index is 1490. The number of carbonyl (C=O) groups is 3. The summed E-state index contributed by atoms with van der Waals surface area (Å²) in [7, 11) is -3.94. The molecule has 190 valence electrons. The van der Waals surface area contributed by atoms with E-state index in [1.165, 1.54) is 39.5 Å². The minimum atomic E-state index is -3.94. The fraction of sp³-hybridized carbons (Fsp3) is 0.222. The molecule has 10 heteroatoms. The number of carboxylic acid groups (broad SMARTS) is 1. The number of fused-ring (bicyclic) bond motifs is 1. The number of rotatable bonds is 8. The third kappa shape index (κ3) is 4.73. The van der Waals surface area contributed by atoms with Gasteiger partial charge in [0.1, 0.15) is 12.4 Å². The van der Waals surface area contributed by atoms with Gasteiger partial charge in [0, 0.05) is 6.54 Å². The standard InChI is InChI=1S/C27H24N2O7S/c30-25-23-15-22(37(34,35)29-13-5-8-20(29)17-36-21-9-2-1-3-10-21)11-12-24(23)28(26(25)31)16-18-6-4-7-19(14-18)27(32)33/h1-4,6-7,9-12,14-15,20H,5,8,13,16-17H2,(H,32,33). The molecule has 1 unspecified atom stereocenters. The van der Waals surface area contributed by atoms with Gasteiger partial charge in [-0.15, -0.1) is 0 Å². The molecule has 1 N–H and O–H groups in total. The van der Waals surface area contributed by atoms with Crippen molar-refractivity contribution in [3.8, 4) is 5.75 Å². The number of ether oxygens (including phenoxy) is 1. The fourth-order valence-corrected chi connectivity index (χ4v) is 6.42. The van der Waals surface area contributed by atoms with Gasteiger partial charge in [0.2, 0.25) is 10.0 Å². The molecule has 3 aromatic rings. The van der Waals surface area contributed by atoms with Crippen LogP contribution >= 0.6 is 0 Å². The molecule has 0 aromatic heterocycles. The van der Waals surface area contributed by atoms with Gasteiger partial charge in [-0.1, -0.05) is 30.3 Å². The molecule has 0 aliphatic carbocycles. The summed E-state index contributed by atoms with van der Waals surface area (Å²) in [6.07, 6.45) is 1.34. The topological polar surface area (TPSA) is 121 Å². The average molecular weight is 521 g/mol. The van der Waals surface area contributed by atoms with E-state index in [0.29, 0.717) is 36.4 Å². The van der Waals surface area contributed by atoms with E-state index in [1.54, 1.807) is 24.3 Å². The Balaban J connectivity index is 1.38. The van der Waals surface area contributed by atoms with Crippen molar-refractivity contribution in [3.05, 3.63) is 89.5 Å². The fourth-order valence-electron chi connectivity index (χ4n) is 4.72. The third-order valence-electron chi connectivity index (χ3n) is 6.57. The molecule has 37 heavy (non-hydrogen) atoms. The first-order chi connectivity index (χ1) is 17.8. The van der Waals surface area contributed by atoms with Crippen molar-refractivity contribution in [2.45, 2.75) is 30.3 Å². The second kappa shape index (κ2) is 9.79. The molecular weight excluding hydrogens is 496 g/mol. The summed E-state index contributed by atoms with van der Waals surface area (Å²) in [5, 5.41) is 9.23. The molecule has 0 radical (unpaired) electrons. The zero-order valence-corrected chi connectivity index (χ0v) is 20.6. The lowest BCUT2D eigenvalue weighted by atomic mass is 10.1. The van der Waals surface area contributed by atoms with Gasteiger partial charge in [-0.05, 0) is 60.9 Å². The molecule has 2 aliphatic heterocycles. The average Bonchev–Trinajstić information content (AvgIpc) is 3.48. The van der Waals surface area contributed by atoms with Gasteiger partial charge >= 0.3 is 5.97 Å². The molecule has 2 heterocycles. The number of carbonyl (C=O) groups excluding carboxylic acids is 2. The van der Waals surface area contributed by atoms with Gasteiger partial charge in [0.15, 0.2) is 0 Å². The molecule has 9 nitrogen and oxygen atoms in total. The second-order valence-corrected chi connectivity index (χ2v) is 10.8. The minimum Gasteiger partial charge on any atom is -0.492 e. The van der Waals surface area contributed by atoms with Crippen LogP contribution in [-0.4, -0.2) is 54.7 Å². The van der Waals surface area contributed by atoms with E-state index in [1.807, 2.05) is 18.2 Å². The molecule has 1 saturated heterocycles. The van der Waals surface area contributed by atoms with Gasteiger partial charge in [0.05, 0.1) is 34.3 Å². The van der Waals surface area contributed by atoms with Crippen molar-refractivity contribution < 1.29 is 32.6 Å². The van der Waals surface area contributed by atoms with Crippen LogP contribution < -0.4 is 9.64 Å². The van der Waals surface area contributed by atoms with Gasteiger partial charge in [-0.25, -0.2) is 13.2 Å². The summed E-state index contributed by atoms with van der Waals surface area (Å²) >= 11 is 0. The lowest BCUT2D eigenvalue weighted by Crippen LogP contribution is -2.39. The number of para-hydroxylation sites is 1. The van der Waals surface area contributed by atoms with Gasteiger partial charge in [-0.2, -0.15) is 4.31 Å². The summed E-state index contributed by atoms with van der Waals surface area (Å²) < 4.78 is 34.2. The van der Waals surface area contributed by atoms with Gasteiger partial charge in [-0.3, -0.25) is 9.59 Å². The quantitative estimate of drug-likeness (QED) is 0.452. The first-order valence-corrected chi connectivity index (χ1v) is 13.2. The number of Topliss-reactive ketones (excluding diaryl/α,β-unsaturated/α-hetero) is 1. The highest BCUT2D eigenvalue weighted by Gasteiger charge is 2.40. The van der Waals surface area contributed by atoms with Crippen LogP contribution in [0.3, 0.4) is 0 Å². The van der Waals surface area contributed by atoms with Crippen LogP contribution in [0.1, 0.15) is 39.1 Å². The highest BCUT2D eigenvalue weighted by molar-refractivity contribution is 7.89. The van der Waals surface area contributed by atoms with Crippen molar-refractivity contribution in [2.24, 2.45) is 0 Å². The Morgan fingerprint density at radius 3 is 2.54 bits per heavy atom. The predicted octanol–water partition coefficient (Wildman–Crippen LogP) is 3.35. The Morgan fingerprint density at radius 1 is 1.00 bits per heavy atom. The summed E-state index contributed by atoms with van der Waals surface area (Å²) in [4.78, 5) is 38.0. The van der Waals surface area contributed by atoms with Crippen LogP contribution in [0.25, 0.3) is 0 Å². The lowest BCUT2D eigenvalue weighted by molar-refractivity contribution is -0.114. The number of sulfonamides is 1. The van der Waals surface area contributed by atoms with Crippen molar-refractivity contribution >= 4 is 33.4 Å². The molecule has 0 spiro atoms. The van der Waals surface area contributed by atoms with E-state index >= 15 is 0 Å². The highest BCUT2D eigenvalue weighted by atomic mass is 32.2. The Labute approximate surface area is 213 Å². The lowest BCUT2D eigenvalue weighted by Gasteiger charge is -2.24. The van der Waals surface area contributed by atoms with Crippen LogP contribution in [0.15, 0.2) is 77.7 Å². The molecule has 1 amide bonds. The normalized spacial score (nSPS) is 17.7. The van der Waals surface area contributed by atoms with Crippen LogP contribution in [0.5, 0.6) is 5.75 Å². The van der Waals surface area contributed by atoms with Crippen LogP contribution in [0.4, 0.5) is 5.69 Å². The first-order valence-electron chi connectivity index (χ1n) is 11.8. The van der Waals surface area contributed by atoms with Gasteiger partial charge in [0.25, 0.3) is 11.7 Å². The van der Waals surface area contributed by atoms with Crippen LogP contribution in [0, 0.1) is 0 Å². The minimum absolute atomic E-state index is 0.0109. The smallest absolute Gasteiger partial charge is 0.335 e. The zero-order valence-electron chi connectivity index (χ0n) is 19.7. The summed E-state index contributed by atoms with van der Waals surface area (Å²) in [5.41, 5.74) is 0.897. The maximum atomic E-state index is 13.5. The number of benzene rings is 3. The van der Waals surface area contributed by atoms with E-state index in [0.717, 1.165) is 0 Å². The van der Waals surface area contributed by atoms with Crippen molar-refractivity contribution in [1.29, 1.82) is 0 Å². The number of hydrogen-bond acceptors (Lipinski definition) is 6. The van der Waals surface area contributed by atoms with Crippen LogP contribution in [-0.2, 0) is 21.4 Å².